The molecule has 1 aromatic rings. The maximum atomic E-state index is 10.6. The molecule has 0 unspecified atom stereocenters. The number of hydrogen-bond acceptors (Lipinski definition) is 3. The van der Waals surface area contributed by atoms with Crippen molar-refractivity contribution < 1.29 is 4.79 Å². The lowest BCUT2D eigenvalue weighted by atomic mass is 10.2. The van der Waals surface area contributed by atoms with Gasteiger partial charge in [-0.1, -0.05) is 28.1 Å². The van der Waals surface area contributed by atoms with E-state index in [9.17, 15) is 4.79 Å². The van der Waals surface area contributed by atoms with Crippen molar-refractivity contribution in [2.24, 2.45) is 11.5 Å². The predicted octanol–water partition coefficient (Wildman–Crippen LogP) is 0.980. The molecule has 0 heterocycles. The largest absolute Gasteiger partial charge is 0.389 e. The van der Waals surface area contributed by atoms with Gasteiger partial charge in [0.25, 0.3) is 0 Å². The minimum absolute atomic E-state index is 0.0477. The molecule has 0 bridgehead atoms. The van der Waals surface area contributed by atoms with Crippen molar-refractivity contribution >= 4 is 44.7 Å². The highest BCUT2D eigenvalue weighted by Crippen LogP contribution is 2.21. The molecule has 0 aromatic heterocycles. The zero-order valence-corrected chi connectivity index (χ0v) is 10.2. The van der Waals surface area contributed by atoms with Gasteiger partial charge in [0, 0.05) is 15.7 Å². The second-order valence-electron chi connectivity index (χ2n) is 2.87. The van der Waals surface area contributed by atoms with Crippen molar-refractivity contribution in [2.45, 2.75) is 0 Å². The summed E-state index contributed by atoms with van der Waals surface area (Å²) in [6.07, 6.45) is 0. The summed E-state index contributed by atoms with van der Waals surface area (Å²) in [5, 5.41) is 2.86. The number of carbonyl (C=O) groups excluding carboxylic acids is 1. The van der Waals surface area contributed by atoms with Gasteiger partial charge in [-0.3, -0.25) is 4.79 Å². The molecule has 15 heavy (non-hydrogen) atoms. The Morgan fingerprint density at radius 3 is 2.67 bits per heavy atom. The zero-order valence-electron chi connectivity index (χ0n) is 7.79. The van der Waals surface area contributed by atoms with Crippen LogP contribution >= 0.6 is 28.1 Å². The smallest absolute Gasteiger partial charge is 0.236 e. The third-order valence-electron chi connectivity index (χ3n) is 1.70. The van der Waals surface area contributed by atoms with Crippen molar-refractivity contribution in [3.05, 3.63) is 28.2 Å². The van der Waals surface area contributed by atoms with Crippen LogP contribution < -0.4 is 16.8 Å². The molecule has 80 valence electrons. The predicted molar refractivity (Wildman–Crippen MR) is 67.7 cm³/mol. The summed E-state index contributed by atoms with van der Waals surface area (Å²) >= 11 is 8.19. The van der Waals surface area contributed by atoms with Gasteiger partial charge in [-0.2, -0.15) is 0 Å². The van der Waals surface area contributed by atoms with Gasteiger partial charge in [-0.15, -0.1) is 0 Å². The Bertz CT molecular complexity index is 408. The SMILES string of the molecule is NC(=O)CNc1cc(Br)ccc1C(N)=S. The second-order valence-corrected chi connectivity index (χ2v) is 4.23. The number of hydrogen-bond donors (Lipinski definition) is 3. The Morgan fingerprint density at radius 2 is 2.13 bits per heavy atom. The maximum absolute atomic E-state index is 10.6. The van der Waals surface area contributed by atoms with Gasteiger partial charge in [0.1, 0.15) is 4.99 Å². The number of nitrogens with two attached hydrogens (primary N) is 2. The summed E-state index contributed by atoms with van der Waals surface area (Å²) < 4.78 is 0.870. The third-order valence-corrected chi connectivity index (χ3v) is 2.41. The first-order valence-electron chi connectivity index (χ1n) is 4.12. The van der Waals surface area contributed by atoms with E-state index in [1.54, 1.807) is 12.1 Å². The first-order chi connectivity index (χ1) is 7.00. The number of thiocarbonyl (C=S) groups is 1. The minimum Gasteiger partial charge on any atom is -0.389 e. The first-order valence-corrected chi connectivity index (χ1v) is 5.32. The first kappa shape index (κ1) is 11.9. The van der Waals surface area contributed by atoms with Crippen LogP contribution in [0.4, 0.5) is 5.69 Å². The third kappa shape index (κ3) is 3.49. The van der Waals surface area contributed by atoms with Crippen molar-refractivity contribution in [3.63, 3.8) is 0 Å². The van der Waals surface area contributed by atoms with Gasteiger partial charge in [0.15, 0.2) is 0 Å². The van der Waals surface area contributed by atoms with Crippen molar-refractivity contribution in [2.75, 3.05) is 11.9 Å². The number of amides is 1. The Balaban J connectivity index is 2.96. The number of primary amides is 1. The fourth-order valence-corrected chi connectivity index (χ4v) is 1.60. The van der Waals surface area contributed by atoms with E-state index >= 15 is 0 Å². The molecule has 0 aliphatic heterocycles. The van der Waals surface area contributed by atoms with Crippen LogP contribution in [0.15, 0.2) is 22.7 Å². The van der Waals surface area contributed by atoms with E-state index in [4.69, 9.17) is 23.7 Å². The molecule has 4 nitrogen and oxygen atoms in total. The van der Waals surface area contributed by atoms with Gasteiger partial charge in [0.2, 0.25) is 5.91 Å². The number of nitrogens with one attached hydrogen (secondary N) is 1. The zero-order chi connectivity index (χ0) is 11.4. The highest BCUT2D eigenvalue weighted by atomic mass is 79.9. The molecule has 0 atom stereocenters. The summed E-state index contributed by atoms with van der Waals surface area (Å²) in [4.78, 5) is 10.9. The van der Waals surface area contributed by atoms with Crippen LogP contribution in [0.1, 0.15) is 5.56 Å². The summed E-state index contributed by atoms with van der Waals surface area (Å²) in [5.41, 5.74) is 11.9. The highest BCUT2D eigenvalue weighted by molar-refractivity contribution is 9.10. The average molecular weight is 288 g/mol. The Kier molecular flexibility index (Phi) is 4.05. The lowest BCUT2D eigenvalue weighted by Gasteiger charge is -2.10. The molecule has 6 heteroatoms. The van der Waals surface area contributed by atoms with E-state index < -0.39 is 5.91 Å². The number of benzene rings is 1. The van der Waals surface area contributed by atoms with E-state index in [1.165, 1.54) is 0 Å². The molecule has 1 amide bonds. The van der Waals surface area contributed by atoms with E-state index in [0.717, 1.165) is 4.47 Å². The van der Waals surface area contributed by atoms with E-state index in [1.807, 2.05) is 6.07 Å². The van der Waals surface area contributed by atoms with Crippen LogP contribution in [0.5, 0.6) is 0 Å². The van der Waals surface area contributed by atoms with Crippen LogP contribution in [0, 0.1) is 0 Å². The Labute approximate surface area is 101 Å². The van der Waals surface area contributed by atoms with Crippen molar-refractivity contribution in [1.82, 2.24) is 0 Å². The number of anilines is 1. The number of halogens is 1. The molecule has 0 aliphatic carbocycles. The van der Waals surface area contributed by atoms with Gasteiger partial charge in [-0.05, 0) is 18.2 Å². The molecule has 1 aromatic carbocycles. The Morgan fingerprint density at radius 1 is 1.47 bits per heavy atom. The molecule has 0 radical (unpaired) electrons. The molecular formula is C9H10BrN3OS. The van der Waals surface area contributed by atoms with Gasteiger partial charge in [-0.25, -0.2) is 0 Å². The topological polar surface area (TPSA) is 81.1 Å². The van der Waals surface area contributed by atoms with Gasteiger partial charge >= 0.3 is 0 Å². The van der Waals surface area contributed by atoms with Crippen LogP contribution in [0.25, 0.3) is 0 Å². The fourth-order valence-electron chi connectivity index (χ4n) is 1.06. The molecule has 0 aliphatic rings. The van der Waals surface area contributed by atoms with E-state index in [0.29, 0.717) is 11.3 Å². The van der Waals surface area contributed by atoms with Crippen LogP contribution in [0.3, 0.4) is 0 Å². The summed E-state index contributed by atoms with van der Waals surface area (Å²) in [7, 11) is 0. The lowest BCUT2D eigenvalue weighted by molar-refractivity contribution is -0.116. The summed E-state index contributed by atoms with van der Waals surface area (Å²) in [5.74, 6) is -0.441. The quantitative estimate of drug-likeness (QED) is 0.721. The molecule has 0 fully saturated rings. The van der Waals surface area contributed by atoms with Crippen LogP contribution in [0.2, 0.25) is 0 Å². The molecule has 5 N–H and O–H groups in total. The highest BCUT2D eigenvalue weighted by Gasteiger charge is 2.06. The fraction of sp³-hybridized carbons (Fsp3) is 0.111. The number of rotatable bonds is 4. The maximum Gasteiger partial charge on any atom is 0.236 e. The molecule has 0 saturated heterocycles. The average Bonchev–Trinajstić information content (AvgIpc) is 2.14. The number of carbonyl (C=O) groups is 1. The normalized spacial score (nSPS) is 9.67. The van der Waals surface area contributed by atoms with Gasteiger partial charge in [0.05, 0.1) is 6.54 Å². The summed E-state index contributed by atoms with van der Waals surface area (Å²) in [6.45, 7) is 0.0477. The lowest BCUT2D eigenvalue weighted by Crippen LogP contribution is -2.23. The molecule has 0 spiro atoms. The van der Waals surface area contributed by atoms with Gasteiger partial charge < -0.3 is 16.8 Å². The van der Waals surface area contributed by atoms with Crippen molar-refractivity contribution in [1.29, 1.82) is 0 Å². The second kappa shape index (κ2) is 5.09. The molecule has 1 rings (SSSR count). The molecule has 0 saturated carbocycles. The standard InChI is InChI=1S/C9H10BrN3OS/c10-5-1-2-6(9(12)15)7(3-5)13-4-8(11)14/h1-3,13H,4H2,(H2,11,14)(H2,12,15). The monoisotopic (exact) mass is 287 g/mol. The molecular weight excluding hydrogens is 278 g/mol. The summed E-state index contributed by atoms with van der Waals surface area (Å²) in [6, 6.07) is 5.39. The van der Waals surface area contributed by atoms with Crippen LogP contribution in [-0.4, -0.2) is 17.4 Å². The Hall–Kier alpha value is -1.14. The minimum atomic E-state index is -0.441. The van der Waals surface area contributed by atoms with Crippen LogP contribution in [-0.2, 0) is 4.79 Å². The van der Waals surface area contributed by atoms with E-state index in [2.05, 4.69) is 21.2 Å². The van der Waals surface area contributed by atoms with Crippen molar-refractivity contribution in [3.8, 4) is 0 Å². The van der Waals surface area contributed by atoms with E-state index in [-0.39, 0.29) is 11.5 Å².